The smallest absolute Gasteiger partial charge is 0.243 e. The van der Waals surface area contributed by atoms with Crippen molar-refractivity contribution in [2.75, 3.05) is 46.6 Å². The summed E-state index contributed by atoms with van der Waals surface area (Å²) in [5.41, 5.74) is 1.05. The lowest BCUT2D eigenvalue weighted by Crippen LogP contribution is -2.47. The maximum atomic E-state index is 13.1. The first-order chi connectivity index (χ1) is 13.5. The van der Waals surface area contributed by atoms with Crippen LogP contribution in [0, 0.1) is 6.92 Å². The highest BCUT2D eigenvalue weighted by molar-refractivity contribution is 7.89. The van der Waals surface area contributed by atoms with Gasteiger partial charge in [-0.05, 0) is 45.0 Å². The van der Waals surface area contributed by atoms with Crippen molar-refractivity contribution in [3.05, 3.63) is 29.8 Å². The molecule has 28 heavy (non-hydrogen) atoms. The van der Waals surface area contributed by atoms with Gasteiger partial charge in [-0.2, -0.15) is 4.31 Å². The van der Waals surface area contributed by atoms with Crippen LogP contribution in [0.2, 0.25) is 0 Å². The molecule has 1 aromatic carbocycles. The topological polar surface area (TPSA) is 67.9 Å². The Kier molecular flexibility index (Phi) is 12.6. The van der Waals surface area contributed by atoms with Crippen molar-refractivity contribution in [1.82, 2.24) is 9.62 Å². The van der Waals surface area contributed by atoms with Crippen LogP contribution in [0.15, 0.2) is 29.2 Å². The Morgan fingerprint density at radius 1 is 1.04 bits per heavy atom. The molecule has 0 spiro atoms. The van der Waals surface area contributed by atoms with E-state index in [0.29, 0.717) is 31.3 Å². The largest absolute Gasteiger partial charge is 0.382 e. The molecule has 6 nitrogen and oxygen atoms in total. The first-order valence-electron chi connectivity index (χ1n) is 10.3. The summed E-state index contributed by atoms with van der Waals surface area (Å²) in [6.07, 6.45) is 4.28. The average molecular weight is 415 g/mol. The molecule has 1 aromatic rings. The second-order valence-corrected chi connectivity index (χ2v) is 8.91. The van der Waals surface area contributed by atoms with Gasteiger partial charge in [0.2, 0.25) is 10.0 Å². The lowest BCUT2D eigenvalue weighted by atomic mass is 10.1. The van der Waals surface area contributed by atoms with E-state index in [1.165, 1.54) is 12.8 Å². The third-order valence-corrected chi connectivity index (χ3v) is 6.70. The molecule has 1 N–H and O–H groups in total. The molecule has 0 amide bonds. The van der Waals surface area contributed by atoms with Crippen molar-refractivity contribution in [2.24, 2.45) is 0 Å². The summed E-state index contributed by atoms with van der Waals surface area (Å²) in [6.45, 7) is 9.72. The highest BCUT2D eigenvalue weighted by Crippen LogP contribution is 2.22. The number of nitrogens with one attached hydrogen (secondary N) is 1. The minimum atomic E-state index is -3.52. The van der Waals surface area contributed by atoms with Crippen LogP contribution in [0.3, 0.4) is 0 Å². The van der Waals surface area contributed by atoms with Crippen molar-refractivity contribution in [3.8, 4) is 0 Å². The molecule has 0 radical (unpaired) electrons. The molecule has 7 heteroatoms. The number of unbranched alkanes of at least 4 members (excludes halogenated alkanes) is 1. The molecule has 1 heterocycles. The van der Waals surface area contributed by atoms with E-state index in [1.807, 2.05) is 19.1 Å². The summed E-state index contributed by atoms with van der Waals surface area (Å²) in [5, 5.41) is 3.28. The molecule has 0 atom stereocenters. The number of aryl methyl sites for hydroxylation is 1. The van der Waals surface area contributed by atoms with Crippen molar-refractivity contribution in [2.45, 2.75) is 57.4 Å². The van der Waals surface area contributed by atoms with Crippen molar-refractivity contribution < 1.29 is 17.9 Å². The van der Waals surface area contributed by atoms with Gasteiger partial charge in [-0.3, -0.25) is 0 Å². The van der Waals surface area contributed by atoms with Gasteiger partial charge >= 0.3 is 0 Å². The van der Waals surface area contributed by atoms with Crippen molar-refractivity contribution in [3.63, 3.8) is 0 Å². The van der Waals surface area contributed by atoms with Crippen LogP contribution in [0.4, 0.5) is 0 Å². The molecule has 0 saturated carbocycles. The highest BCUT2D eigenvalue weighted by atomic mass is 32.2. The van der Waals surface area contributed by atoms with E-state index in [1.54, 1.807) is 23.5 Å². The Bertz CT molecular complexity index is 612. The maximum Gasteiger partial charge on any atom is 0.243 e. The molecule has 162 valence electrons. The third-order valence-electron chi connectivity index (χ3n) is 4.73. The Morgan fingerprint density at radius 3 is 2.18 bits per heavy atom. The Hall–Kier alpha value is -0.990. The van der Waals surface area contributed by atoms with Gasteiger partial charge in [0.25, 0.3) is 0 Å². The summed E-state index contributed by atoms with van der Waals surface area (Å²) in [4.78, 5) is 0.350. The number of hydrogen-bond acceptors (Lipinski definition) is 5. The van der Waals surface area contributed by atoms with E-state index in [4.69, 9.17) is 9.47 Å². The van der Waals surface area contributed by atoms with Gasteiger partial charge in [-0.25, -0.2) is 8.42 Å². The van der Waals surface area contributed by atoms with Gasteiger partial charge in [0.1, 0.15) is 0 Å². The molecular weight excluding hydrogens is 376 g/mol. The molecular formula is C21H38N2O4S. The van der Waals surface area contributed by atoms with E-state index >= 15 is 0 Å². The van der Waals surface area contributed by atoms with Crippen LogP contribution in [0.5, 0.6) is 0 Å². The van der Waals surface area contributed by atoms with Gasteiger partial charge in [-0.1, -0.05) is 44.4 Å². The number of benzene rings is 1. The highest BCUT2D eigenvalue weighted by Gasteiger charge is 2.32. The Morgan fingerprint density at radius 2 is 1.64 bits per heavy atom. The number of piperidine rings is 1. The molecule has 0 unspecified atom stereocenters. The molecule has 2 rings (SSSR count). The first kappa shape index (κ1) is 25.0. The van der Waals surface area contributed by atoms with Crippen LogP contribution in [-0.2, 0) is 19.5 Å². The van der Waals surface area contributed by atoms with Crippen LogP contribution in [0.1, 0.15) is 45.1 Å². The fraction of sp³-hybridized carbons (Fsp3) is 0.714. The van der Waals surface area contributed by atoms with Crippen molar-refractivity contribution >= 4 is 10.0 Å². The summed E-state index contributed by atoms with van der Waals surface area (Å²) < 4.78 is 38.2. The maximum absolute atomic E-state index is 13.1. The Balaban J connectivity index is 0.000000892. The Labute approximate surface area is 171 Å². The minimum absolute atomic E-state index is 0.0172. The van der Waals surface area contributed by atoms with Gasteiger partial charge in [0, 0.05) is 19.7 Å². The second kappa shape index (κ2) is 14.1. The number of sulfonamides is 1. The quantitative estimate of drug-likeness (QED) is 0.596. The van der Waals surface area contributed by atoms with E-state index in [0.717, 1.165) is 31.5 Å². The van der Waals surface area contributed by atoms with Crippen LogP contribution < -0.4 is 5.32 Å². The van der Waals surface area contributed by atoms with Crippen LogP contribution in [0.25, 0.3) is 0 Å². The summed E-state index contributed by atoms with van der Waals surface area (Å²) >= 11 is 0. The molecule has 1 fully saturated rings. The van der Waals surface area contributed by atoms with E-state index in [9.17, 15) is 8.42 Å². The van der Waals surface area contributed by atoms with Crippen LogP contribution in [-0.4, -0.2) is 65.3 Å². The lowest BCUT2D eigenvalue weighted by molar-refractivity contribution is 0.0613. The first-order valence-corrected chi connectivity index (χ1v) is 11.8. The average Bonchev–Trinajstić information content (AvgIpc) is 2.71. The predicted molar refractivity (Wildman–Crippen MR) is 114 cm³/mol. The fourth-order valence-corrected chi connectivity index (χ4v) is 4.51. The van der Waals surface area contributed by atoms with Gasteiger partial charge in [0.15, 0.2) is 0 Å². The molecule has 1 aliphatic heterocycles. The second-order valence-electron chi connectivity index (χ2n) is 7.02. The van der Waals surface area contributed by atoms with Gasteiger partial charge < -0.3 is 14.8 Å². The summed E-state index contributed by atoms with van der Waals surface area (Å²) in [6, 6.07) is 7.06. The summed E-state index contributed by atoms with van der Waals surface area (Å²) in [5.74, 6) is 0. The number of hydrogen-bond donors (Lipinski definition) is 1. The zero-order chi connectivity index (χ0) is 20.8. The molecule has 1 aliphatic rings. The normalized spacial score (nSPS) is 15.3. The monoisotopic (exact) mass is 414 g/mol. The third kappa shape index (κ3) is 8.57. The van der Waals surface area contributed by atoms with Gasteiger partial charge in [0.05, 0.1) is 24.7 Å². The molecule has 1 saturated heterocycles. The van der Waals surface area contributed by atoms with E-state index in [2.05, 4.69) is 19.2 Å². The predicted octanol–water partition coefficient (Wildman–Crippen LogP) is 3.21. The van der Waals surface area contributed by atoms with E-state index in [-0.39, 0.29) is 6.04 Å². The molecule has 0 bridgehead atoms. The van der Waals surface area contributed by atoms with E-state index < -0.39 is 10.0 Å². The number of methoxy groups -OCH3 is 1. The number of ether oxygens (including phenoxy) is 2. The SMILES string of the molecule is CCCC.COCCOCCN(C1CCNCC1)S(=O)(=O)c1ccc(C)cc1. The van der Waals surface area contributed by atoms with Gasteiger partial charge in [-0.15, -0.1) is 0 Å². The molecule has 0 aliphatic carbocycles. The molecule has 0 aromatic heterocycles. The standard InChI is InChI=1S/C17H28N2O4S.C4H10/c1-15-3-5-17(6-4-15)24(20,21)19(11-12-23-14-13-22-2)16-7-9-18-10-8-16;1-3-4-2/h3-6,16,18H,7-14H2,1-2H3;3-4H2,1-2H3. The number of rotatable bonds is 10. The minimum Gasteiger partial charge on any atom is -0.382 e. The summed E-state index contributed by atoms with van der Waals surface area (Å²) in [7, 11) is -1.90. The van der Waals surface area contributed by atoms with Crippen LogP contribution >= 0.6 is 0 Å². The van der Waals surface area contributed by atoms with Crippen molar-refractivity contribution in [1.29, 1.82) is 0 Å². The fourth-order valence-electron chi connectivity index (χ4n) is 2.84. The lowest BCUT2D eigenvalue weighted by Gasteiger charge is -2.33. The number of nitrogens with zero attached hydrogens (tertiary/aromatic N) is 1. The zero-order valence-corrected chi connectivity index (χ0v) is 18.8. The zero-order valence-electron chi connectivity index (χ0n) is 17.9.